The third-order valence-corrected chi connectivity index (χ3v) is 5.54. The summed E-state index contributed by atoms with van der Waals surface area (Å²) in [5.74, 6) is -0.707. The minimum Gasteiger partial charge on any atom is -0.324 e. The number of nitrogens with one attached hydrogen (secondary N) is 2. The molecular formula is C19H24FN3O3. The van der Waals surface area contributed by atoms with Crippen molar-refractivity contribution < 1.29 is 18.8 Å². The second-order valence-corrected chi connectivity index (χ2v) is 7.27. The molecule has 1 aromatic rings. The molecule has 4 amide bonds. The maximum atomic E-state index is 13.6. The van der Waals surface area contributed by atoms with Gasteiger partial charge >= 0.3 is 6.03 Å². The molecule has 0 bridgehead atoms. The molecule has 1 heterocycles. The molecule has 1 saturated heterocycles. The largest absolute Gasteiger partial charge is 0.325 e. The van der Waals surface area contributed by atoms with E-state index in [2.05, 4.69) is 17.6 Å². The molecule has 0 aromatic heterocycles. The molecule has 7 heteroatoms. The highest BCUT2D eigenvalue weighted by molar-refractivity contribution is 6.10. The van der Waals surface area contributed by atoms with Crippen LogP contribution in [-0.2, 0) is 9.59 Å². The Morgan fingerprint density at radius 2 is 2.04 bits per heavy atom. The van der Waals surface area contributed by atoms with Crippen molar-refractivity contribution in [1.29, 1.82) is 0 Å². The third-order valence-electron chi connectivity index (χ3n) is 5.54. The van der Waals surface area contributed by atoms with E-state index in [4.69, 9.17) is 0 Å². The van der Waals surface area contributed by atoms with Crippen LogP contribution >= 0.6 is 0 Å². The van der Waals surface area contributed by atoms with Crippen molar-refractivity contribution in [3.05, 3.63) is 29.6 Å². The van der Waals surface area contributed by atoms with Gasteiger partial charge in [0.2, 0.25) is 5.91 Å². The number of imide groups is 1. The van der Waals surface area contributed by atoms with Gasteiger partial charge in [-0.25, -0.2) is 9.18 Å². The van der Waals surface area contributed by atoms with E-state index in [0.717, 1.165) is 24.2 Å². The van der Waals surface area contributed by atoms with Gasteiger partial charge in [-0.15, -0.1) is 0 Å². The molecule has 2 fully saturated rings. The highest BCUT2D eigenvalue weighted by Gasteiger charge is 2.52. The summed E-state index contributed by atoms with van der Waals surface area (Å²) in [6.07, 6.45) is 4.07. The van der Waals surface area contributed by atoms with Gasteiger partial charge in [-0.3, -0.25) is 14.5 Å². The molecule has 1 aliphatic heterocycles. The third kappa shape index (κ3) is 3.43. The van der Waals surface area contributed by atoms with Gasteiger partial charge in [-0.05, 0) is 56.2 Å². The monoisotopic (exact) mass is 361 g/mol. The molecular weight excluding hydrogens is 337 g/mol. The number of nitrogens with zero attached hydrogens (tertiary/aromatic N) is 1. The zero-order chi connectivity index (χ0) is 18.9. The number of carbonyl (C=O) groups is 3. The summed E-state index contributed by atoms with van der Waals surface area (Å²) in [7, 11) is 0. The lowest BCUT2D eigenvalue weighted by Crippen LogP contribution is -2.49. The van der Waals surface area contributed by atoms with Crippen LogP contribution in [0.1, 0.15) is 44.6 Å². The first kappa shape index (κ1) is 18.4. The maximum absolute atomic E-state index is 13.6. The summed E-state index contributed by atoms with van der Waals surface area (Å²) in [6, 6.07) is 3.82. The lowest BCUT2D eigenvalue weighted by molar-refractivity contribution is -0.135. The van der Waals surface area contributed by atoms with Gasteiger partial charge in [-0.1, -0.05) is 19.4 Å². The van der Waals surface area contributed by atoms with E-state index in [-0.39, 0.29) is 12.5 Å². The number of amides is 4. The van der Waals surface area contributed by atoms with Crippen LogP contribution in [0.3, 0.4) is 0 Å². The Balaban J connectivity index is 1.64. The lowest BCUT2D eigenvalue weighted by atomic mass is 9.75. The van der Waals surface area contributed by atoms with E-state index in [1.807, 2.05) is 0 Å². The molecule has 26 heavy (non-hydrogen) atoms. The van der Waals surface area contributed by atoms with Crippen molar-refractivity contribution in [3.63, 3.8) is 0 Å². The van der Waals surface area contributed by atoms with Crippen LogP contribution in [0.4, 0.5) is 14.9 Å². The van der Waals surface area contributed by atoms with E-state index in [1.54, 1.807) is 19.1 Å². The van der Waals surface area contributed by atoms with E-state index < -0.39 is 23.3 Å². The van der Waals surface area contributed by atoms with E-state index in [9.17, 15) is 18.8 Å². The number of anilines is 1. The van der Waals surface area contributed by atoms with Crippen LogP contribution in [0, 0.1) is 18.7 Å². The number of benzene rings is 1. The standard InChI is InChI=1S/C19H24FN3O3/c1-3-13-6-8-19(9-7-13)17(25)23(18(26)22-19)11-16(24)21-14-5-4-12(2)15(20)10-14/h4-5,10,13H,3,6-9,11H2,1-2H3,(H,21,24)(H,22,26). The zero-order valence-corrected chi connectivity index (χ0v) is 15.1. The highest BCUT2D eigenvalue weighted by Crippen LogP contribution is 2.37. The number of carbonyl (C=O) groups excluding carboxylic acids is 3. The molecule has 3 rings (SSSR count). The second kappa shape index (κ2) is 7.05. The predicted octanol–water partition coefficient (Wildman–Crippen LogP) is 2.96. The molecule has 0 unspecified atom stereocenters. The van der Waals surface area contributed by atoms with Gasteiger partial charge in [0.15, 0.2) is 0 Å². The quantitative estimate of drug-likeness (QED) is 0.810. The fraction of sp³-hybridized carbons (Fsp3) is 0.526. The molecule has 2 N–H and O–H groups in total. The number of rotatable bonds is 4. The molecule has 0 atom stereocenters. The van der Waals surface area contributed by atoms with Crippen LogP contribution in [0.25, 0.3) is 0 Å². The van der Waals surface area contributed by atoms with Crippen LogP contribution in [0.15, 0.2) is 18.2 Å². The Hall–Kier alpha value is -2.44. The SMILES string of the molecule is CCC1CCC2(CC1)NC(=O)N(CC(=O)Nc1ccc(C)c(F)c1)C2=O. The molecule has 2 aliphatic rings. The number of hydrogen-bond donors (Lipinski definition) is 2. The van der Waals surface area contributed by atoms with E-state index >= 15 is 0 Å². The number of hydrogen-bond acceptors (Lipinski definition) is 3. The van der Waals surface area contributed by atoms with Crippen molar-refractivity contribution in [2.45, 2.75) is 51.5 Å². The second-order valence-electron chi connectivity index (χ2n) is 7.27. The van der Waals surface area contributed by atoms with Crippen molar-refractivity contribution >= 4 is 23.5 Å². The highest BCUT2D eigenvalue weighted by atomic mass is 19.1. The summed E-state index contributed by atoms with van der Waals surface area (Å²) in [5.41, 5.74) is -0.0935. The van der Waals surface area contributed by atoms with Gasteiger partial charge in [0.25, 0.3) is 5.91 Å². The fourth-order valence-corrected chi connectivity index (χ4v) is 3.75. The summed E-state index contributed by atoms with van der Waals surface area (Å²) in [5, 5.41) is 5.33. The minimum atomic E-state index is -0.862. The van der Waals surface area contributed by atoms with E-state index in [0.29, 0.717) is 30.0 Å². The number of aryl methyl sites for hydroxylation is 1. The van der Waals surface area contributed by atoms with Gasteiger partial charge in [0, 0.05) is 5.69 Å². The van der Waals surface area contributed by atoms with Crippen LogP contribution in [-0.4, -0.2) is 34.8 Å². The van der Waals surface area contributed by atoms with Crippen LogP contribution < -0.4 is 10.6 Å². The summed E-state index contributed by atoms with van der Waals surface area (Å²) < 4.78 is 13.6. The Morgan fingerprint density at radius 1 is 1.35 bits per heavy atom. The predicted molar refractivity (Wildman–Crippen MR) is 95.0 cm³/mol. The summed E-state index contributed by atoms with van der Waals surface area (Å²) >= 11 is 0. The average molecular weight is 361 g/mol. The first-order valence-electron chi connectivity index (χ1n) is 9.05. The normalized spacial score (nSPS) is 25.5. The number of urea groups is 1. The molecule has 1 aliphatic carbocycles. The van der Waals surface area contributed by atoms with E-state index in [1.165, 1.54) is 6.07 Å². The van der Waals surface area contributed by atoms with Gasteiger partial charge in [-0.2, -0.15) is 0 Å². The average Bonchev–Trinajstić information content (AvgIpc) is 2.83. The Morgan fingerprint density at radius 3 is 2.65 bits per heavy atom. The topological polar surface area (TPSA) is 78.5 Å². The molecule has 0 radical (unpaired) electrons. The zero-order valence-electron chi connectivity index (χ0n) is 15.1. The molecule has 1 saturated carbocycles. The van der Waals surface area contributed by atoms with Crippen LogP contribution in [0.2, 0.25) is 0 Å². The van der Waals surface area contributed by atoms with Crippen molar-refractivity contribution in [2.24, 2.45) is 5.92 Å². The fourth-order valence-electron chi connectivity index (χ4n) is 3.75. The smallest absolute Gasteiger partial charge is 0.324 e. The summed E-state index contributed by atoms with van der Waals surface area (Å²) in [4.78, 5) is 38.2. The molecule has 1 spiro atoms. The van der Waals surface area contributed by atoms with Crippen molar-refractivity contribution in [3.8, 4) is 0 Å². The van der Waals surface area contributed by atoms with Crippen molar-refractivity contribution in [1.82, 2.24) is 10.2 Å². The van der Waals surface area contributed by atoms with Gasteiger partial charge in [0.05, 0.1) is 0 Å². The lowest BCUT2D eigenvalue weighted by Gasteiger charge is -2.34. The van der Waals surface area contributed by atoms with Gasteiger partial charge in [0.1, 0.15) is 17.9 Å². The van der Waals surface area contributed by atoms with Crippen molar-refractivity contribution in [2.75, 3.05) is 11.9 Å². The molecule has 1 aromatic carbocycles. The maximum Gasteiger partial charge on any atom is 0.325 e. The Labute approximate surface area is 152 Å². The van der Waals surface area contributed by atoms with Gasteiger partial charge < -0.3 is 10.6 Å². The first-order valence-corrected chi connectivity index (χ1v) is 9.05. The molecule has 6 nitrogen and oxygen atoms in total. The first-order chi connectivity index (χ1) is 12.3. The minimum absolute atomic E-state index is 0.295. The Bertz CT molecular complexity index is 742. The summed E-state index contributed by atoms with van der Waals surface area (Å²) in [6.45, 7) is 3.38. The van der Waals surface area contributed by atoms with Crippen LogP contribution in [0.5, 0.6) is 0 Å². The molecule has 140 valence electrons. The number of halogens is 1. The Kier molecular flexibility index (Phi) is 4.98.